The van der Waals surface area contributed by atoms with Crippen LogP contribution in [0.5, 0.6) is 0 Å². The lowest BCUT2D eigenvalue weighted by Gasteiger charge is -2.31. The van der Waals surface area contributed by atoms with E-state index < -0.39 is 0 Å². The van der Waals surface area contributed by atoms with Crippen LogP contribution < -0.4 is 5.32 Å². The Morgan fingerprint density at radius 1 is 1.24 bits per heavy atom. The van der Waals surface area contributed by atoms with E-state index in [1.165, 1.54) is 29.1 Å². The highest BCUT2D eigenvalue weighted by Crippen LogP contribution is 2.38. The van der Waals surface area contributed by atoms with E-state index in [-0.39, 0.29) is 0 Å². The fourth-order valence-electron chi connectivity index (χ4n) is 3.38. The maximum Gasteiger partial charge on any atom is 0.147 e. The van der Waals surface area contributed by atoms with Crippen molar-refractivity contribution in [2.45, 2.75) is 49.7 Å². The molecule has 4 rings (SSSR count). The Kier molecular flexibility index (Phi) is 3.47. The minimum atomic E-state index is 0.334. The van der Waals surface area contributed by atoms with Gasteiger partial charge in [-0.15, -0.1) is 11.8 Å². The smallest absolute Gasteiger partial charge is 0.147 e. The van der Waals surface area contributed by atoms with E-state index in [1.807, 2.05) is 18.7 Å². The molecule has 0 aliphatic carbocycles. The molecular weight excluding hydrogens is 280 g/mol. The zero-order valence-electron chi connectivity index (χ0n) is 12.2. The van der Waals surface area contributed by atoms with E-state index in [0.717, 1.165) is 24.6 Å². The molecule has 0 saturated carbocycles. The molecule has 0 saturated heterocycles. The van der Waals surface area contributed by atoms with Gasteiger partial charge >= 0.3 is 0 Å². The van der Waals surface area contributed by atoms with E-state index in [0.29, 0.717) is 12.1 Å². The predicted octanol–water partition coefficient (Wildman–Crippen LogP) is 3.25. The van der Waals surface area contributed by atoms with Gasteiger partial charge < -0.3 is 5.32 Å². The molecule has 1 aromatic heterocycles. The van der Waals surface area contributed by atoms with Gasteiger partial charge in [0.2, 0.25) is 0 Å². The van der Waals surface area contributed by atoms with E-state index in [1.54, 1.807) is 0 Å². The second-order valence-electron chi connectivity index (χ2n) is 5.83. The Bertz CT molecular complexity index is 651. The standard InChI is InChI=1S/C16H20N4S/c1-11-17-16-14(6-4-9-20(16)19-11)18-13-8-10-21-15-7-3-2-5-12(13)15/h2-3,5,7,13-14,18H,4,6,8-10H2,1H3/t13-,14+/m1/s1. The van der Waals surface area contributed by atoms with Crippen LogP contribution in [-0.2, 0) is 6.54 Å². The Morgan fingerprint density at radius 2 is 2.14 bits per heavy atom. The number of thioether (sulfide) groups is 1. The van der Waals surface area contributed by atoms with Crippen LogP contribution in [0.15, 0.2) is 29.2 Å². The molecule has 110 valence electrons. The Labute approximate surface area is 129 Å². The van der Waals surface area contributed by atoms with Gasteiger partial charge in [-0.1, -0.05) is 18.2 Å². The number of hydrogen-bond donors (Lipinski definition) is 1. The predicted molar refractivity (Wildman–Crippen MR) is 84.4 cm³/mol. The van der Waals surface area contributed by atoms with Crippen LogP contribution in [-0.4, -0.2) is 20.5 Å². The molecule has 3 heterocycles. The lowest BCUT2D eigenvalue weighted by molar-refractivity contribution is 0.330. The summed E-state index contributed by atoms with van der Waals surface area (Å²) in [6, 6.07) is 9.55. The van der Waals surface area contributed by atoms with Gasteiger partial charge in [-0.2, -0.15) is 5.10 Å². The van der Waals surface area contributed by atoms with Gasteiger partial charge in [0, 0.05) is 17.5 Å². The molecule has 2 aromatic rings. The number of benzene rings is 1. The summed E-state index contributed by atoms with van der Waals surface area (Å²) in [7, 11) is 0. The Hall–Kier alpha value is -1.33. The second kappa shape index (κ2) is 5.46. The third kappa shape index (κ3) is 2.49. The number of aryl methyl sites for hydroxylation is 2. The summed E-state index contributed by atoms with van der Waals surface area (Å²) in [5.74, 6) is 3.19. The summed E-state index contributed by atoms with van der Waals surface area (Å²) in [6.07, 6.45) is 3.52. The summed E-state index contributed by atoms with van der Waals surface area (Å²) in [6.45, 7) is 2.99. The van der Waals surface area contributed by atoms with E-state index >= 15 is 0 Å². The zero-order valence-corrected chi connectivity index (χ0v) is 13.1. The normalized spacial score (nSPS) is 24.4. The largest absolute Gasteiger partial charge is 0.300 e. The first-order valence-electron chi connectivity index (χ1n) is 7.70. The molecule has 2 aliphatic rings. The van der Waals surface area contributed by atoms with E-state index in [9.17, 15) is 0 Å². The van der Waals surface area contributed by atoms with Crippen LogP contribution >= 0.6 is 11.8 Å². The van der Waals surface area contributed by atoms with Crippen LogP contribution in [0.4, 0.5) is 0 Å². The molecule has 0 amide bonds. The number of nitrogens with zero attached hydrogens (tertiary/aromatic N) is 3. The average molecular weight is 300 g/mol. The average Bonchev–Trinajstić information content (AvgIpc) is 2.89. The van der Waals surface area contributed by atoms with Crippen LogP contribution in [0, 0.1) is 6.92 Å². The van der Waals surface area contributed by atoms with E-state index in [2.05, 4.69) is 44.3 Å². The van der Waals surface area contributed by atoms with Gasteiger partial charge in [-0.05, 0) is 43.6 Å². The molecule has 0 fully saturated rings. The minimum absolute atomic E-state index is 0.334. The van der Waals surface area contributed by atoms with Gasteiger partial charge in [0.1, 0.15) is 11.6 Å². The summed E-state index contributed by atoms with van der Waals surface area (Å²) >= 11 is 1.97. The number of fused-ring (bicyclic) bond motifs is 2. The van der Waals surface area contributed by atoms with Crippen molar-refractivity contribution in [3.8, 4) is 0 Å². The Balaban J connectivity index is 1.60. The van der Waals surface area contributed by atoms with Crippen molar-refractivity contribution in [1.82, 2.24) is 20.1 Å². The molecule has 2 aliphatic heterocycles. The molecule has 5 heteroatoms. The van der Waals surface area contributed by atoms with Crippen molar-refractivity contribution >= 4 is 11.8 Å². The molecule has 21 heavy (non-hydrogen) atoms. The SMILES string of the molecule is Cc1nc2n(n1)CCC[C@@H]2N[C@@H]1CCSc2ccccc21. The quantitative estimate of drug-likeness (QED) is 0.924. The number of aromatic nitrogens is 3. The maximum atomic E-state index is 4.64. The van der Waals surface area contributed by atoms with Crippen molar-refractivity contribution in [3.05, 3.63) is 41.5 Å². The molecular formula is C16H20N4S. The van der Waals surface area contributed by atoms with Gasteiger partial charge in [0.25, 0.3) is 0 Å². The first kappa shape index (κ1) is 13.3. The second-order valence-corrected chi connectivity index (χ2v) is 6.97. The summed E-state index contributed by atoms with van der Waals surface area (Å²) in [4.78, 5) is 6.06. The molecule has 0 spiro atoms. The zero-order chi connectivity index (χ0) is 14.2. The Morgan fingerprint density at radius 3 is 3.10 bits per heavy atom. The minimum Gasteiger partial charge on any atom is -0.300 e. The van der Waals surface area contributed by atoms with Crippen LogP contribution in [0.25, 0.3) is 0 Å². The van der Waals surface area contributed by atoms with Crippen molar-refractivity contribution in [2.24, 2.45) is 0 Å². The first-order valence-corrected chi connectivity index (χ1v) is 8.69. The van der Waals surface area contributed by atoms with Gasteiger partial charge in [0.15, 0.2) is 0 Å². The van der Waals surface area contributed by atoms with Crippen molar-refractivity contribution in [2.75, 3.05) is 5.75 Å². The number of nitrogens with one attached hydrogen (secondary N) is 1. The fourth-order valence-corrected chi connectivity index (χ4v) is 4.51. The van der Waals surface area contributed by atoms with Crippen molar-refractivity contribution in [1.29, 1.82) is 0 Å². The molecule has 2 atom stereocenters. The van der Waals surface area contributed by atoms with Crippen LogP contribution in [0.1, 0.15) is 48.6 Å². The maximum absolute atomic E-state index is 4.64. The topological polar surface area (TPSA) is 42.7 Å². The first-order chi connectivity index (χ1) is 10.3. The van der Waals surface area contributed by atoms with Gasteiger partial charge in [0.05, 0.1) is 6.04 Å². The highest BCUT2D eigenvalue weighted by Gasteiger charge is 2.28. The van der Waals surface area contributed by atoms with Gasteiger partial charge in [-0.3, -0.25) is 0 Å². The molecule has 0 unspecified atom stereocenters. The molecule has 1 N–H and O–H groups in total. The lowest BCUT2D eigenvalue weighted by atomic mass is 10.00. The third-order valence-electron chi connectivity index (χ3n) is 4.34. The van der Waals surface area contributed by atoms with Crippen molar-refractivity contribution < 1.29 is 0 Å². The van der Waals surface area contributed by atoms with Crippen LogP contribution in [0.3, 0.4) is 0 Å². The summed E-state index contributed by atoms with van der Waals surface area (Å²) in [5, 5.41) is 8.35. The van der Waals surface area contributed by atoms with E-state index in [4.69, 9.17) is 0 Å². The number of hydrogen-bond acceptors (Lipinski definition) is 4. The molecule has 4 nitrogen and oxygen atoms in total. The highest BCUT2D eigenvalue weighted by atomic mass is 32.2. The third-order valence-corrected chi connectivity index (χ3v) is 5.46. The summed E-state index contributed by atoms with van der Waals surface area (Å²) in [5.41, 5.74) is 1.45. The van der Waals surface area contributed by atoms with Crippen LogP contribution in [0.2, 0.25) is 0 Å². The molecule has 0 radical (unpaired) electrons. The molecule has 0 bridgehead atoms. The summed E-state index contributed by atoms with van der Waals surface area (Å²) < 4.78 is 2.08. The number of rotatable bonds is 2. The highest BCUT2D eigenvalue weighted by molar-refractivity contribution is 7.99. The monoisotopic (exact) mass is 300 g/mol. The van der Waals surface area contributed by atoms with Gasteiger partial charge in [-0.25, -0.2) is 9.67 Å². The lowest BCUT2D eigenvalue weighted by Crippen LogP contribution is -2.33. The molecule has 1 aromatic carbocycles. The fraction of sp³-hybridized carbons (Fsp3) is 0.500. The van der Waals surface area contributed by atoms with Crippen molar-refractivity contribution in [3.63, 3.8) is 0 Å².